The van der Waals surface area contributed by atoms with E-state index in [9.17, 15) is 28.0 Å². The zero-order chi connectivity index (χ0) is 31.1. The van der Waals surface area contributed by atoms with Crippen molar-refractivity contribution in [1.29, 1.82) is 0 Å². The number of rotatable bonds is 14. The number of hydrogen-bond donors (Lipinski definition) is 0. The van der Waals surface area contributed by atoms with E-state index in [4.69, 9.17) is 33.2 Å². The first-order valence-corrected chi connectivity index (χ1v) is 13.6. The van der Waals surface area contributed by atoms with Crippen LogP contribution in [0.3, 0.4) is 0 Å². The molecule has 2 aliphatic heterocycles. The number of ether oxygens (including phenoxy) is 7. The number of hydrogen-bond acceptors (Lipinski definition) is 11. The monoisotopic (exact) mass is 612 g/mol. The highest BCUT2D eigenvalue weighted by atomic mass is 19.2. The molecule has 2 atom stereocenters. The van der Waals surface area contributed by atoms with Gasteiger partial charge in [-0.2, -0.15) is 4.39 Å². The molecule has 0 aliphatic carbocycles. The number of unbranched alkanes of at least 4 members (excludes halogenated alkanes) is 1. The molecule has 5 rings (SSSR count). The van der Waals surface area contributed by atoms with E-state index in [0.29, 0.717) is 31.6 Å². The fourth-order valence-corrected chi connectivity index (χ4v) is 3.71. The van der Waals surface area contributed by atoms with Crippen LogP contribution in [0, 0.1) is 11.6 Å². The standard InChI is InChI=1S/C31H26F2O11/c32-26-22(11-12-23(27(26)33)38-13-1-2-14-39-30(36)24-16-40-24)29(35)44-21-9-7-20(8-10-21)43-28(34)19-5-3-18(4-6-19)15-42-31(37)25-17-41-25/h3-12,24-25H,1-2,13-17H2. The Kier molecular flexibility index (Phi) is 9.77. The lowest BCUT2D eigenvalue weighted by Gasteiger charge is -2.11. The van der Waals surface area contributed by atoms with Crippen LogP contribution in [0.1, 0.15) is 39.1 Å². The van der Waals surface area contributed by atoms with Gasteiger partial charge in [-0.25, -0.2) is 23.6 Å². The van der Waals surface area contributed by atoms with Crippen molar-refractivity contribution in [2.45, 2.75) is 31.7 Å². The van der Waals surface area contributed by atoms with Gasteiger partial charge in [0.15, 0.2) is 23.8 Å². The summed E-state index contributed by atoms with van der Waals surface area (Å²) in [5.74, 6) is -5.68. The Balaban J connectivity index is 1.06. The van der Waals surface area contributed by atoms with E-state index in [1.165, 1.54) is 36.4 Å². The van der Waals surface area contributed by atoms with Gasteiger partial charge in [0.2, 0.25) is 5.82 Å². The van der Waals surface area contributed by atoms with Crippen molar-refractivity contribution in [1.82, 2.24) is 0 Å². The van der Waals surface area contributed by atoms with Gasteiger partial charge in [-0.15, -0.1) is 0 Å². The lowest BCUT2D eigenvalue weighted by atomic mass is 10.1. The van der Waals surface area contributed by atoms with Crippen LogP contribution in [0.4, 0.5) is 8.78 Å². The van der Waals surface area contributed by atoms with Gasteiger partial charge in [-0.3, -0.25) is 0 Å². The zero-order valence-corrected chi connectivity index (χ0v) is 23.1. The minimum Gasteiger partial charge on any atom is -0.490 e. The van der Waals surface area contributed by atoms with Gasteiger partial charge in [0.25, 0.3) is 0 Å². The number of carbonyl (C=O) groups is 4. The summed E-state index contributed by atoms with van der Waals surface area (Å²) >= 11 is 0. The van der Waals surface area contributed by atoms with Crippen molar-refractivity contribution in [2.75, 3.05) is 26.4 Å². The number of halogens is 2. The van der Waals surface area contributed by atoms with E-state index in [1.807, 2.05) is 0 Å². The minimum absolute atomic E-state index is 0.000574. The molecule has 44 heavy (non-hydrogen) atoms. The molecule has 2 aliphatic rings. The van der Waals surface area contributed by atoms with Crippen molar-refractivity contribution < 1.29 is 61.1 Å². The van der Waals surface area contributed by atoms with E-state index in [-0.39, 0.29) is 42.6 Å². The molecule has 0 radical (unpaired) electrons. The molecule has 2 fully saturated rings. The van der Waals surface area contributed by atoms with Crippen molar-refractivity contribution in [2.24, 2.45) is 0 Å². The van der Waals surface area contributed by atoms with Crippen LogP contribution in [0.25, 0.3) is 0 Å². The van der Waals surface area contributed by atoms with Gasteiger partial charge in [0, 0.05) is 0 Å². The molecule has 0 saturated carbocycles. The van der Waals surface area contributed by atoms with Crippen molar-refractivity contribution >= 4 is 23.9 Å². The topological polar surface area (TPSA) is 139 Å². The number of carbonyl (C=O) groups excluding carboxylic acids is 4. The molecule has 2 saturated heterocycles. The summed E-state index contributed by atoms with van der Waals surface area (Å²) in [6.07, 6.45) is -0.111. The molecule has 230 valence electrons. The minimum atomic E-state index is -1.43. The van der Waals surface area contributed by atoms with Gasteiger partial charge in [0.05, 0.1) is 37.6 Å². The summed E-state index contributed by atoms with van der Waals surface area (Å²) in [7, 11) is 0. The molecule has 3 aromatic rings. The van der Waals surface area contributed by atoms with Crippen LogP contribution in [0.2, 0.25) is 0 Å². The Morgan fingerprint density at radius 2 is 1.25 bits per heavy atom. The fourth-order valence-electron chi connectivity index (χ4n) is 3.71. The van der Waals surface area contributed by atoms with E-state index in [2.05, 4.69) is 0 Å². The van der Waals surface area contributed by atoms with Crippen LogP contribution >= 0.6 is 0 Å². The predicted molar refractivity (Wildman–Crippen MR) is 144 cm³/mol. The first kappa shape index (κ1) is 30.6. The Morgan fingerprint density at radius 1 is 0.682 bits per heavy atom. The van der Waals surface area contributed by atoms with E-state index < -0.39 is 53.3 Å². The maximum absolute atomic E-state index is 14.6. The zero-order valence-electron chi connectivity index (χ0n) is 23.1. The Bertz CT molecular complexity index is 1510. The van der Waals surface area contributed by atoms with Gasteiger partial charge in [-0.1, -0.05) is 12.1 Å². The molecule has 2 heterocycles. The summed E-state index contributed by atoms with van der Waals surface area (Å²) in [6.45, 7) is 0.948. The molecule has 11 nitrogen and oxygen atoms in total. The molecular formula is C31H26F2O11. The molecule has 0 N–H and O–H groups in total. The first-order chi connectivity index (χ1) is 21.3. The number of benzene rings is 3. The second-order valence-electron chi connectivity index (χ2n) is 9.66. The third-order valence-corrected chi connectivity index (χ3v) is 6.32. The maximum atomic E-state index is 14.6. The molecule has 0 bridgehead atoms. The summed E-state index contributed by atoms with van der Waals surface area (Å²) in [4.78, 5) is 47.9. The smallest absolute Gasteiger partial charge is 0.346 e. The SMILES string of the molecule is O=C(Oc1ccc(OC(=O)c2ccc(OCCCCOC(=O)C3CO3)c(F)c2F)cc1)c1ccc(COC(=O)C2CO2)cc1. The summed E-state index contributed by atoms with van der Waals surface area (Å²) in [5.41, 5.74) is 0.283. The largest absolute Gasteiger partial charge is 0.490 e. The summed E-state index contributed by atoms with van der Waals surface area (Å²) in [5, 5.41) is 0. The molecule has 0 spiro atoms. The van der Waals surface area contributed by atoms with Gasteiger partial charge >= 0.3 is 23.9 Å². The highest BCUT2D eigenvalue weighted by Crippen LogP contribution is 2.25. The first-order valence-electron chi connectivity index (χ1n) is 13.6. The van der Waals surface area contributed by atoms with Gasteiger partial charge in [-0.05, 0) is 66.9 Å². The third-order valence-electron chi connectivity index (χ3n) is 6.32. The van der Waals surface area contributed by atoms with E-state index in [0.717, 1.165) is 12.1 Å². The van der Waals surface area contributed by atoms with Crippen LogP contribution in [0.5, 0.6) is 17.2 Å². The lowest BCUT2D eigenvalue weighted by molar-refractivity contribution is -0.146. The van der Waals surface area contributed by atoms with E-state index in [1.54, 1.807) is 12.1 Å². The van der Waals surface area contributed by atoms with Crippen LogP contribution in [-0.4, -0.2) is 62.5 Å². The number of esters is 4. The fraction of sp³-hybridized carbons (Fsp3) is 0.290. The molecule has 13 heteroatoms. The van der Waals surface area contributed by atoms with Crippen molar-refractivity contribution in [3.63, 3.8) is 0 Å². The molecular weight excluding hydrogens is 586 g/mol. The van der Waals surface area contributed by atoms with Crippen LogP contribution < -0.4 is 14.2 Å². The predicted octanol–water partition coefficient (Wildman–Crippen LogP) is 3.95. The van der Waals surface area contributed by atoms with Crippen molar-refractivity contribution in [3.8, 4) is 17.2 Å². The maximum Gasteiger partial charge on any atom is 0.346 e. The van der Waals surface area contributed by atoms with Crippen LogP contribution in [0.15, 0.2) is 60.7 Å². The quantitative estimate of drug-likeness (QED) is 0.113. The summed E-state index contributed by atoms with van der Waals surface area (Å²) < 4.78 is 64.6. The highest BCUT2D eigenvalue weighted by Gasteiger charge is 2.33. The molecule has 0 amide bonds. The van der Waals surface area contributed by atoms with E-state index >= 15 is 0 Å². The van der Waals surface area contributed by atoms with Gasteiger partial charge in [0.1, 0.15) is 18.1 Å². The Morgan fingerprint density at radius 3 is 1.86 bits per heavy atom. The Hall–Kier alpha value is -4.88. The molecule has 0 aromatic heterocycles. The van der Waals surface area contributed by atoms with Crippen LogP contribution in [-0.2, 0) is 35.1 Å². The lowest BCUT2D eigenvalue weighted by Crippen LogP contribution is -2.13. The normalized spacial score (nSPS) is 16.4. The molecule has 2 unspecified atom stereocenters. The highest BCUT2D eigenvalue weighted by molar-refractivity contribution is 5.92. The average molecular weight is 613 g/mol. The second-order valence-corrected chi connectivity index (χ2v) is 9.66. The Labute approximate surface area is 249 Å². The summed E-state index contributed by atoms with van der Waals surface area (Å²) in [6, 6.07) is 13.8. The second kappa shape index (κ2) is 14.1. The molecule has 3 aromatic carbocycles. The van der Waals surface area contributed by atoms with Gasteiger partial charge < -0.3 is 33.2 Å². The average Bonchev–Trinajstić information content (AvgIpc) is 3.94. The third kappa shape index (κ3) is 8.36. The number of epoxide rings is 2. The van der Waals surface area contributed by atoms with Crippen molar-refractivity contribution in [3.05, 3.63) is 89.0 Å².